The number of likely N-dealkylation sites (tertiary alicyclic amines) is 1. The molecule has 1 rings (SSSR count). The van der Waals surface area contributed by atoms with Crippen LogP contribution in [0.2, 0.25) is 0 Å². The van der Waals surface area contributed by atoms with E-state index in [0.717, 1.165) is 0 Å². The van der Waals surface area contributed by atoms with Gasteiger partial charge in [0.15, 0.2) is 0 Å². The van der Waals surface area contributed by atoms with E-state index in [4.69, 9.17) is 0 Å². The molecule has 0 aromatic rings. The average molecular weight is 231 g/mol. The maximum absolute atomic E-state index is 12.7. The van der Waals surface area contributed by atoms with Gasteiger partial charge in [0.05, 0.1) is 0 Å². The first-order chi connectivity index (χ1) is 6.72. The van der Waals surface area contributed by atoms with Crippen LogP contribution in [0.25, 0.3) is 0 Å². The summed E-state index contributed by atoms with van der Waals surface area (Å²) in [6.07, 6.45) is -5.63. The van der Waals surface area contributed by atoms with Crippen molar-refractivity contribution in [2.45, 2.75) is 31.4 Å². The van der Waals surface area contributed by atoms with Crippen LogP contribution >= 0.6 is 0 Å². The van der Waals surface area contributed by atoms with Crippen LogP contribution in [0.4, 0.5) is 22.0 Å². The molecule has 1 aliphatic heterocycles. The van der Waals surface area contributed by atoms with Gasteiger partial charge >= 0.3 is 12.1 Å². The molecule has 0 bridgehead atoms. The van der Waals surface area contributed by atoms with Crippen molar-refractivity contribution in [3.05, 3.63) is 0 Å². The third-order valence-corrected chi connectivity index (χ3v) is 2.80. The second kappa shape index (κ2) is 4.23. The third-order valence-electron chi connectivity index (χ3n) is 2.80. The smallest absolute Gasteiger partial charge is 0.306 e. The number of nitrogens with zero attached hydrogens (tertiary/aromatic N) is 1. The Hall–Kier alpha value is -0.390. The van der Waals surface area contributed by atoms with E-state index in [1.54, 1.807) is 0 Å². The first kappa shape index (κ1) is 12.7. The molecule has 90 valence electrons. The Morgan fingerprint density at radius 2 is 1.53 bits per heavy atom. The van der Waals surface area contributed by atoms with Crippen molar-refractivity contribution < 1.29 is 22.0 Å². The Kier molecular flexibility index (Phi) is 3.58. The fourth-order valence-electron chi connectivity index (χ4n) is 1.74. The first-order valence-electron chi connectivity index (χ1n) is 4.85. The molecule has 1 fully saturated rings. The van der Waals surface area contributed by atoms with Gasteiger partial charge in [-0.1, -0.05) is 0 Å². The number of hydrogen-bond acceptors (Lipinski definition) is 1. The van der Waals surface area contributed by atoms with Crippen LogP contribution < -0.4 is 0 Å². The van der Waals surface area contributed by atoms with E-state index in [0.29, 0.717) is 25.9 Å². The van der Waals surface area contributed by atoms with Gasteiger partial charge in [0, 0.05) is 6.42 Å². The Labute approximate surface area is 85.2 Å². The second-order valence-corrected chi connectivity index (χ2v) is 4.15. The Bertz CT molecular complexity index is 205. The molecular weight excluding hydrogens is 217 g/mol. The van der Waals surface area contributed by atoms with Gasteiger partial charge in [-0.05, 0) is 38.9 Å². The standard InChI is InChI=1S/C9H14F5N/c1-15-4-2-7(3-5-15)6-8(10,11)9(12,13)14/h7H,2-6H2,1H3. The van der Waals surface area contributed by atoms with Crippen molar-refractivity contribution in [3.63, 3.8) is 0 Å². The number of alkyl halides is 5. The van der Waals surface area contributed by atoms with Gasteiger partial charge in [0.1, 0.15) is 0 Å². The van der Waals surface area contributed by atoms with Crippen LogP contribution in [0.1, 0.15) is 19.3 Å². The Balaban J connectivity index is 2.48. The normalized spacial score (nSPS) is 22.0. The minimum Gasteiger partial charge on any atom is -0.306 e. The lowest BCUT2D eigenvalue weighted by atomic mass is 9.91. The van der Waals surface area contributed by atoms with Crippen molar-refractivity contribution in [2.75, 3.05) is 20.1 Å². The van der Waals surface area contributed by atoms with E-state index in [1.165, 1.54) is 0 Å². The summed E-state index contributed by atoms with van der Waals surface area (Å²) in [5, 5.41) is 0. The minimum absolute atomic E-state index is 0.419. The van der Waals surface area contributed by atoms with Gasteiger partial charge in [-0.3, -0.25) is 0 Å². The molecular formula is C9H14F5N. The van der Waals surface area contributed by atoms with E-state index in [1.807, 2.05) is 11.9 Å². The molecule has 0 aromatic carbocycles. The predicted molar refractivity (Wildman–Crippen MR) is 45.8 cm³/mol. The molecule has 0 aromatic heterocycles. The first-order valence-corrected chi connectivity index (χ1v) is 4.85. The molecule has 1 nitrogen and oxygen atoms in total. The zero-order chi connectivity index (χ0) is 11.7. The number of rotatable bonds is 2. The Morgan fingerprint density at radius 1 is 1.07 bits per heavy atom. The molecule has 0 N–H and O–H groups in total. The van der Waals surface area contributed by atoms with Gasteiger partial charge in [-0.15, -0.1) is 0 Å². The van der Waals surface area contributed by atoms with Crippen molar-refractivity contribution in [1.82, 2.24) is 4.90 Å². The highest BCUT2D eigenvalue weighted by Gasteiger charge is 2.57. The summed E-state index contributed by atoms with van der Waals surface area (Å²) in [6.45, 7) is 1.19. The summed E-state index contributed by atoms with van der Waals surface area (Å²) in [5.41, 5.74) is 0. The van der Waals surface area contributed by atoms with Crippen LogP contribution in [-0.2, 0) is 0 Å². The lowest BCUT2D eigenvalue weighted by Gasteiger charge is -2.31. The van der Waals surface area contributed by atoms with Gasteiger partial charge in [0.25, 0.3) is 0 Å². The summed E-state index contributed by atoms with van der Waals surface area (Å²) in [7, 11) is 1.83. The SMILES string of the molecule is CN1CCC(CC(F)(F)C(F)(F)F)CC1. The molecule has 0 unspecified atom stereocenters. The van der Waals surface area contributed by atoms with Crippen molar-refractivity contribution in [1.29, 1.82) is 0 Å². The minimum atomic E-state index is -5.41. The Morgan fingerprint density at radius 3 is 1.93 bits per heavy atom. The van der Waals surface area contributed by atoms with Crippen LogP contribution in [0, 0.1) is 5.92 Å². The summed E-state index contributed by atoms with van der Waals surface area (Å²) < 4.78 is 61.1. The van der Waals surface area contributed by atoms with Gasteiger partial charge in [-0.25, -0.2) is 0 Å². The van der Waals surface area contributed by atoms with Gasteiger partial charge in [-0.2, -0.15) is 22.0 Å². The summed E-state index contributed by atoms with van der Waals surface area (Å²) in [4.78, 5) is 1.93. The monoisotopic (exact) mass is 231 g/mol. The van der Waals surface area contributed by atoms with E-state index in [2.05, 4.69) is 0 Å². The fraction of sp³-hybridized carbons (Fsp3) is 1.00. The molecule has 6 heteroatoms. The quantitative estimate of drug-likeness (QED) is 0.660. The highest BCUT2D eigenvalue weighted by Crippen LogP contribution is 2.41. The summed E-state index contributed by atoms with van der Waals surface area (Å²) in [6, 6.07) is 0. The van der Waals surface area contributed by atoms with E-state index >= 15 is 0 Å². The van der Waals surface area contributed by atoms with Crippen molar-refractivity contribution in [2.24, 2.45) is 5.92 Å². The average Bonchev–Trinajstić information content (AvgIpc) is 2.06. The van der Waals surface area contributed by atoms with Crippen molar-refractivity contribution >= 4 is 0 Å². The lowest BCUT2D eigenvalue weighted by Crippen LogP contribution is -2.40. The molecule has 0 saturated carbocycles. The lowest BCUT2D eigenvalue weighted by molar-refractivity contribution is -0.288. The van der Waals surface area contributed by atoms with Gasteiger partial charge in [0.2, 0.25) is 0 Å². The number of hydrogen-bond donors (Lipinski definition) is 0. The maximum atomic E-state index is 12.7. The zero-order valence-corrected chi connectivity index (χ0v) is 8.45. The van der Waals surface area contributed by atoms with Crippen LogP contribution in [0.5, 0.6) is 0 Å². The van der Waals surface area contributed by atoms with Crippen molar-refractivity contribution in [3.8, 4) is 0 Å². The van der Waals surface area contributed by atoms with E-state index < -0.39 is 24.4 Å². The zero-order valence-electron chi connectivity index (χ0n) is 8.45. The van der Waals surface area contributed by atoms with Crippen LogP contribution in [0.15, 0.2) is 0 Å². The molecule has 0 atom stereocenters. The van der Waals surface area contributed by atoms with E-state index in [-0.39, 0.29) is 0 Å². The van der Waals surface area contributed by atoms with E-state index in [9.17, 15) is 22.0 Å². The molecule has 1 aliphatic rings. The predicted octanol–water partition coefficient (Wildman–Crippen LogP) is 2.92. The molecule has 15 heavy (non-hydrogen) atoms. The molecule has 0 spiro atoms. The highest BCUT2D eigenvalue weighted by molar-refractivity contribution is 4.81. The summed E-state index contributed by atoms with van der Waals surface area (Å²) in [5.74, 6) is -5.05. The third kappa shape index (κ3) is 3.29. The summed E-state index contributed by atoms with van der Waals surface area (Å²) >= 11 is 0. The van der Waals surface area contributed by atoms with Gasteiger partial charge < -0.3 is 4.90 Å². The molecule has 0 amide bonds. The second-order valence-electron chi connectivity index (χ2n) is 4.15. The highest BCUT2D eigenvalue weighted by atomic mass is 19.4. The molecule has 0 aliphatic carbocycles. The van der Waals surface area contributed by atoms with Crippen LogP contribution in [-0.4, -0.2) is 37.1 Å². The molecule has 1 heterocycles. The molecule has 0 radical (unpaired) electrons. The number of halogens is 5. The topological polar surface area (TPSA) is 3.24 Å². The largest absolute Gasteiger partial charge is 0.453 e. The maximum Gasteiger partial charge on any atom is 0.453 e. The number of piperidine rings is 1. The molecule has 1 saturated heterocycles. The fourth-order valence-corrected chi connectivity index (χ4v) is 1.74. The van der Waals surface area contributed by atoms with Crippen LogP contribution in [0.3, 0.4) is 0 Å².